The van der Waals surface area contributed by atoms with Crippen molar-refractivity contribution < 1.29 is 26.3 Å². The van der Waals surface area contributed by atoms with Gasteiger partial charge < -0.3 is 9.30 Å². The van der Waals surface area contributed by atoms with Crippen LogP contribution in [0.3, 0.4) is 0 Å². The second-order valence-corrected chi connectivity index (χ2v) is 7.48. The highest BCUT2D eigenvalue weighted by molar-refractivity contribution is 7.89. The Morgan fingerprint density at radius 1 is 1.11 bits per heavy atom. The van der Waals surface area contributed by atoms with E-state index in [0.29, 0.717) is 6.54 Å². The van der Waals surface area contributed by atoms with Crippen LogP contribution in [0.1, 0.15) is 5.82 Å². The van der Waals surface area contributed by atoms with Gasteiger partial charge in [-0.15, -0.1) is 13.2 Å². The molecular weight excluding hydrogens is 383 g/mol. The topological polar surface area (TPSA) is 73.2 Å². The Bertz CT molecular complexity index is 1040. The maximum Gasteiger partial charge on any atom is 0.573 e. The molecule has 0 amide bonds. The molecule has 0 saturated heterocycles. The molecule has 3 aromatic rings. The Hall–Kier alpha value is -2.59. The molecule has 1 heterocycles. The first-order valence-corrected chi connectivity index (χ1v) is 9.41. The van der Waals surface area contributed by atoms with Gasteiger partial charge in [0.15, 0.2) is 0 Å². The van der Waals surface area contributed by atoms with Crippen molar-refractivity contribution in [2.45, 2.75) is 24.7 Å². The van der Waals surface area contributed by atoms with Gasteiger partial charge in [-0.25, -0.2) is 18.1 Å². The van der Waals surface area contributed by atoms with Crippen molar-refractivity contribution in [3.05, 3.63) is 54.4 Å². The van der Waals surface area contributed by atoms with Crippen LogP contribution in [0.2, 0.25) is 0 Å². The maximum atomic E-state index is 12.3. The summed E-state index contributed by atoms with van der Waals surface area (Å²) in [4.78, 5) is 4.26. The second kappa shape index (κ2) is 7.20. The lowest BCUT2D eigenvalue weighted by atomic mass is 10.3. The molecule has 0 saturated carbocycles. The van der Waals surface area contributed by atoms with Gasteiger partial charge in [-0.05, 0) is 43.3 Å². The number of ether oxygens (including phenoxy) is 1. The molecule has 0 fully saturated rings. The van der Waals surface area contributed by atoms with Crippen LogP contribution in [0.4, 0.5) is 13.2 Å². The zero-order valence-corrected chi connectivity index (χ0v) is 15.0. The minimum absolute atomic E-state index is 0.102. The molecule has 0 aliphatic carbocycles. The lowest BCUT2D eigenvalue weighted by Gasteiger charge is -2.11. The number of sulfonamides is 1. The van der Waals surface area contributed by atoms with Gasteiger partial charge in [0, 0.05) is 13.1 Å². The zero-order valence-electron chi connectivity index (χ0n) is 14.2. The van der Waals surface area contributed by atoms with Gasteiger partial charge in [-0.3, -0.25) is 0 Å². The number of nitrogens with one attached hydrogen (secondary N) is 1. The van der Waals surface area contributed by atoms with Crippen molar-refractivity contribution in [2.24, 2.45) is 0 Å². The zero-order chi connectivity index (χ0) is 19.7. The number of aryl methyl sites for hydroxylation is 1. The first kappa shape index (κ1) is 19.2. The highest BCUT2D eigenvalue weighted by Crippen LogP contribution is 2.23. The average molecular weight is 399 g/mol. The Balaban J connectivity index is 1.67. The molecular formula is C17H16F3N3O3S. The van der Waals surface area contributed by atoms with Gasteiger partial charge in [-0.2, -0.15) is 0 Å². The summed E-state index contributed by atoms with van der Waals surface area (Å²) in [5, 5.41) is 0. The fourth-order valence-electron chi connectivity index (χ4n) is 2.67. The fraction of sp³-hybridized carbons (Fsp3) is 0.235. The monoisotopic (exact) mass is 399 g/mol. The number of aromatic nitrogens is 2. The second-order valence-electron chi connectivity index (χ2n) is 5.72. The van der Waals surface area contributed by atoms with E-state index in [2.05, 4.69) is 14.4 Å². The van der Waals surface area contributed by atoms with Crippen molar-refractivity contribution in [2.75, 3.05) is 6.54 Å². The van der Waals surface area contributed by atoms with Crippen molar-refractivity contribution >= 4 is 21.1 Å². The molecule has 1 aromatic heterocycles. The summed E-state index contributed by atoms with van der Waals surface area (Å²) >= 11 is 0. The van der Waals surface area contributed by atoms with E-state index in [0.717, 1.165) is 41.1 Å². The molecule has 1 N–H and O–H groups in total. The van der Waals surface area contributed by atoms with E-state index in [-0.39, 0.29) is 11.4 Å². The van der Waals surface area contributed by atoms with E-state index in [1.54, 1.807) is 0 Å². The molecule has 0 atom stereocenters. The van der Waals surface area contributed by atoms with Crippen LogP contribution >= 0.6 is 0 Å². The lowest BCUT2D eigenvalue weighted by Crippen LogP contribution is -2.27. The Morgan fingerprint density at radius 2 is 1.78 bits per heavy atom. The minimum atomic E-state index is -4.83. The third-order valence-electron chi connectivity index (χ3n) is 3.84. The molecule has 27 heavy (non-hydrogen) atoms. The molecule has 0 bridgehead atoms. The molecule has 10 heteroatoms. The number of fused-ring (bicyclic) bond motifs is 1. The van der Waals surface area contributed by atoms with Gasteiger partial charge in [0.25, 0.3) is 0 Å². The van der Waals surface area contributed by atoms with Crippen LogP contribution in [0.5, 0.6) is 5.75 Å². The third-order valence-corrected chi connectivity index (χ3v) is 5.32. The molecule has 144 valence electrons. The highest BCUT2D eigenvalue weighted by atomic mass is 32.2. The molecule has 0 aliphatic rings. The summed E-state index contributed by atoms with van der Waals surface area (Å²) < 4.78 is 69.1. The molecule has 0 unspecified atom stereocenters. The smallest absolute Gasteiger partial charge is 0.406 e. The van der Waals surface area contributed by atoms with Gasteiger partial charge in [0.1, 0.15) is 11.6 Å². The summed E-state index contributed by atoms with van der Waals surface area (Å²) in [6, 6.07) is 11.5. The summed E-state index contributed by atoms with van der Waals surface area (Å²) in [5.41, 5.74) is 1.71. The average Bonchev–Trinajstić information content (AvgIpc) is 2.89. The minimum Gasteiger partial charge on any atom is -0.406 e. The van der Waals surface area contributed by atoms with Crippen LogP contribution in [-0.2, 0) is 16.6 Å². The Morgan fingerprint density at radius 3 is 2.44 bits per heavy atom. The van der Waals surface area contributed by atoms with Crippen molar-refractivity contribution in [1.82, 2.24) is 14.3 Å². The normalized spacial score (nSPS) is 12.4. The van der Waals surface area contributed by atoms with Crippen molar-refractivity contribution in [3.63, 3.8) is 0 Å². The molecule has 0 radical (unpaired) electrons. The fourth-order valence-corrected chi connectivity index (χ4v) is 3.69. The molecule has 3 rings (SSSR count). The van der Waals surface area contributed by atoms with E-state index in [9.17, 15) is 21.6 Å². The lowest BCUT2D eigenvalue weighted by molar-refractivity contribution is -0.274. The van der Waals surface area contributed by atoms with Crippen LogP contribution in [0.25, 0.3) is 11.0 Å². The van der Waals surface area contributed by atoms with Crippen LogP contribution in [-0.4, -0.2) is 30.9 Å². The van der Waals surface area contributed by atoms with Gasteiger partial charge in [0.2, 0.25) is 10.0 Å². The van der Waals surface area contributed by atoms with E-state index in [1.165, 1.54) is 0 Å². The highest BCUT2D eigenvalue weighted by Gasteiger charge is 2.31. The largest absolute Gasteiger partial charge is 0.573 e. The summed E-state index contributed by atoms with van der Waals surface area (Å²) in [6.07, 6.45) is -4.83. The maximum absolute atomic E-state index is 12.3. The van der Waals surface area contributed by atoms with E-state index in [1.807, 2.05) is 35.8 Å². The first-order valence-electron chi connectivity index (χ1n) is 7.93. The van der Waals surface area contributed by atoms with Gasteiger partial charge >= 0.3 is 6.36 Å². The number of nitrogens with zero attached hydrogens (tertiary/aromatic N) is 2. The van der Waals surface area contributed by atoms with E-state index < -0.39 is 22.1 Å². The number of hydrogen-bond acceptors (Lipinski definition) is 4. The van der Waals surface area contributed by atoms with Crippen molar-refractivity contribution in [3.8, 4) is 5.75 Å². The quantitative estimate of drug-likeness (QED) is 0.691. The predicted octanol–water partition coefficient (Wildman–Crippen LogP) is 3.22. The SMILES string of the molecule is Cc1nc2ccccc2n1CCNS(=O)(=O)c1ccc(OC(F)(F)F)cc1. The summed E-state index contributed by atoms with van der Waals surface area (Å²) in [5.74, 6) is 0.269. The van der Waals surface area contributed by atoms with Gasteiger partial charge in [-0.1, -0.05) is 12.1 Å². The number of hydrogen-bond donors (Lipinski definition) is 1. The first-order chi connectivity index (χ1) is 12.7. The van der Waals surface area contributed by atoms with Crippen LogP contribution < -0.4 is 9.46 Å². The number of rotatable bonds is 6. The number of benzene rings is 2. The number of alkyl halides is 3. The van der Waals surface area contributed by atoms with E-state index in [4.69, 9.17) is 0 Å². The van der Waals surface area contributed by atoms with Gasteiger partial charge in [0.05, 0.1) is 15.9 Å². The summed E-state index contributed by atoms with van der Waals surface area (Å²) in [6.45, 7) is 2.29. The molecule has 0 aliphatic heterocycles. The molecule has 6 nitrogen and oxygen atoms in total. The number of para-hydroxylation sites is 2. The molecule has 2 aromatic carbocycles. The Kier molecular flexibility index (Phi) is 5.11. The number of imidazole rings is 1. The number of halogens is 3. The molecule has 0 spiro atoms. The summed E-state index contributed by atoms with van der Waals surface area (Å²) in [7, 11) is -3.86. The Labute approximate surface area is 153 Å². The van der Waals surface area contributed by atoms with Crippen molar-refractivity contribution in [1.29, 1.82) is 0 Å². The predicted molar refractivity (Wildman–Crippen MR) is 92.8 cm³/mol. The standard InChI is InChI=1S/C17H16F3N3O3S/c1-12-22-15-4-2-3-5-16(15)23(12)11-10-21-27(24,25)14-8-6-13(7-9-14)26-17(18,19)20/h2-9,21H,10-11H2,1H3. The van der Waals surface area contributed by atoms with E-state index >= 15 is 0 Å². The van der Waals surface area contributed by atoms with Crippen LogP contribution in [0, 0.1) is 6.92 Å². The van der Waals surface area contributed by atoms with Crippen LogP contribution in [0.15, 0.2) is 53.4 Å². The third kappa shape index (κ3) is 4.58.